The fraction of sp³-hybridized carbons (Fsp3) is 0.800. The first-order chi connectivity index (χ1) is 5.85. The molecule has 70 valence electrons. The van der Waals surface area contributed by atoms with E-state index in [0.29, 0.717) is 13.2 Å². The van der Waals surface area contributed by atoms with Gasteiger partial charge in [0.15, 0.2) is 6.29 Å². The van der Waals surface area contributed by atoms with Crippen LogP contribution in [0.25, 0.3) is 0 Å². The summed E-state index contributed by atoms with van der Waals surface area (Å²) in [6.07, 6.45) is 7.74. The van der Waals surface area contributed by atoms with Crippen LogP contribution in [0.1, 0.15) is 33.1 Å². The molecule has 0 aromatic carbocycles. The summed E-state index contributed by atoms with van der Waals surface area (Å²) in [6.45, 7) is 5.32. The van der Waals surface area contributed by atoms with Crippen LogP contribution in [-0.2, 0) is 9.47 Å². The number of ether oxygens (including phenoxy) is 2. The largest absolute Gasteiger partial charge is 0.353 e. The molecule has 0 atom stereocenters. The van der Waals surface area contributed by atoms with Crippen molar-refractivity contribution in [3.8, 4) is 12.3 Å². The molecule has 0 aliphatic heterocycles. The van der Waals surface area contributed by atoms with E-state index < -0.39 is 0 Å². The quantitative estimate of drug-likeness (QED) is 0.331. The Hall–Kier alpha value is -0.520. The summed E-state index contributed by atoms with van der Waals surface area (Å²) in [5.74, 6) is 2.60. The lowest BCUT2D eigenvalue weighted by Crippen LogP contribution is -2.16. The number of hydrogen-bond acceptors (Lipinski definition) is 2. The van der Waals surface area contributed by atoms with E-state index in [9.17, 15) is 0 Å². The molecule has 0 amide bonds. The molecule has 0 aliphatic carbocycles. The van der Waals surface area contributed by atoms with Crippen LogP contribution >= 0.6 is 0 Å². The van der Waals surface area contributed by atoms with E-state index in [2.05, 4.69) is 5.92 Å². The monoisotopic (exact) mass is 170 g/mol. The Kier molecular flexibility index (Phi) is 8.20. The highest BCUT2D eigenvalue weighted by Gasteiger charge is 2.05. The first kappa shape index (κ1) is 11.5. The number of rotatable bonds is 7. The van der Waals surface area contributed by atoms with Crippen molar-refractivity contribution >= 4 is 0 Å². The third-order valence-corrected chi connectivity index (χ3v) is 1.47. The van der Waals surface area contributed by atoms with Crippen LogP contribution in [-0.4, -0.2) is 19.5 Å². The Morgan fingerprint density at radius 3 is 2.25 bits per heavy atom. The molecule has 0 bridgehead atoms. The van der Waals surface area contributed by atoms with Crippen molar-refractivity contribution in [3.63, 3.8) is 0 Å². The highest BCUT2D eigenvalue weighted by Crippen LogP contribution is 2.05. The zero-order chi connectivity index (χ0) is 9.23. The van der Waals surface area contributed by atoms with Gasteiger partial charge in [-0.05, 0) is 26.7 Å². The minimum absolute atomic E-state index is 0.0617. The highest BCUT2D eigenvalue weighted by atomic mass is 16.7. The van der Waals surface area contributed by atoms with Gasteiger partial charge in [0, 0.05) is 19.6 Å². The molecule has 12 heavy (non-hydrogen) atoms. The van der Waals surface area contributed by atoms with Gasteiger partial charge in [-0.2, -0.15) is 0 Å². The molecule has 0 rings (SSSR count). The molecule has 0 heterocycles. The van der Waals surface area contributed by atoms with Gasteiger partial charge in [-0.15, -0.1) is 12.3 Å². The summed E-state index contributed by atoms with van der Waals surface area (Å²) in [7, 11) is 0. The van der Waals surface area contributed by atoms with Gasteiger partial charge in [-0.1, -0.05) is 0 Å². The predicted molar refractivity (Wildman–Crippen MR) is 49.7 cm³/mol. The Morgan fingerprint density at radius 1 is 1.25 bits per heavy atom. The molecular formula is C10H18O2. The zero-order valence-electron chi connectivity index (χ0n) is 8.01. The Morgan fingerprint density at radius 2 is 1.83 bits per heavy atom. The number of terminal acetylenes is 1. The SMILES string of the molecule is C#CCCCC(OCC)OCC. The maximum Gasteiger partial charge on any atom is 0.157 e. The van der Waals surface area contributed by atoms with Crippen LogP contribution in [0.5, 0.6) is 0 Å². The van der Waals surface area contributed by atoms with Crippen molar-refractivity contribution in [3.05, 3.63) is 0 Å². The standard InChI is InChI=1S/C10H18O2/c1-4-7-8-9-10(11-5-2)12-6-3/h1,10H,5-9H2,2-3H3. The predicted octanol–water partition coefficient (Wildman–Crippen LogP) is 2.19. The first-order valence-corrected chi connectivity index (χ1v) is 4.51. The van der Waals surface area contributed by atoms with Crippen molar-refractivity contribution < 1.29 is 9.47 Å². The highest BCUT2D eigenvalue weighted by molar-refractivity contribution is 4.82. The topological polar surface area (TPSA) is 18.5 Å². The number of unbranched alkanes of at least 4 members (excludes halogenated alkanes) is 1. The minimum Gasteiger partial charge on any atom is -0.353 e. The van der Waals surface area contributed by atoms with Crippen molar-refractivity contribution in [1.29, 1.82) is 0 Å². The maximum absolute atomic E-state index is 5.34. The summed E-state index contributed by atoms with van der Waals surface area (Å²) in [6, 6.07) is 0. The van der Waals surface area contributed by atoms with Crippen molar-refractivity contribution in [2.24, 2.45) is 0 Å². The van der Waals surface area contributed by atoms with Gasteiger partial charge in [0.25, 0.3) is 0 Å². The van der Waals surface area contributed by atoms with Crippen LogP contribution in [0.2, 0.25) is 0 Å². The summed E-state index contributed by atoms with van der Waals surface area (Å²) in [5.41, 5.74) is 0. The molecule has 2 nitrogen and oxygen atoms in total. The second-order valence-corrected chi connectivity index (χ2v) is 2.44. The lowest BCUT2D eigenvalue weighted by molar-refractivity contribution is -0.139. The lowest BCUT2D eigenvalue weighted by Gasteiger charge is -2.15. The zero-order valence-corrected chi connectivity index (χ0v) is 8.01. The Balaban J connectivity index is 3.42. The minimum atomic E-state index is -0.0617. The van der Waals surface area contributed by atoms with E-state index >= 15 is 0 Å². The third kappa shape index (κ3) is 6.21. The van der Waals surface area contributed by atoms with Gasteiger partial charge < -0.3 is 9.47 Å². The third-order valence-electron chi connectivity index (χ3n) is 1.47. The second kappa shape index (κ2) is 8.58. The summed E-state index contributed by atoms with van der Waals surface area (Å²) in [4.78, 5) is 0. The van der Waals surface area contributed by atoms with Crippen LogP contribution in [0.3, 0.4) is 0 Å². The van der Waals surface area contributed by atoms with Gasteiger partial charge in [-0.25, -0.2) is 0 Å². The first-order valence-electron chi connectivity index (χ1n) is 4.51. The molecule has 0 aliphatic rings. The van der Waals surface area contributed by atoms with E-state index in [1.807, 2.05) is 13.8 Å². The van der Waals surface area contributed by atoms with Gasteiger partial charge in [0.2, 0.25) is 0 Å². The van der Waals surface area contributed by atoms with Crippen LogP contribution in [0.15, 0.2) is 0 Å². The molecular weight excluding hydrogens is 152 g/mol. The van der Waals surface area contributed by atoms with E-state index in [1.165, 1.54) is 0 Å². The number of hydrogen-bond donors (Lipinski definition) is 0. The average molecular weight is 170 g/mol. The summed E-state index contributed by atoms with van der Waals surface area (Å²) in [5, 5.41) is 0. The molecule has 0 saturated carbocycles. The normalized spacial score (nSPS) is 10.2. The molecule has 0 radical (unpaired) electrons. The Labute approximate surface area is 75.3 Å². The molecule has 2 heteroatoms. The molecule has 0 unspecified atom stereocenters. The van der Waals surface area contributed by atoms with E-state index in [4.69, 9.17) is 15.9 Å². The van der Waals surface area contributed by atoms with Crippen molar-refractivity contribution in [1.82, 2.24) is 0 Å². The van der Waals surface area contributed by atoms with Gasteiger partial charge >= 0.3 is 0 Å². The summed E-state index contributed by atoms with van der Waals surface area (Å²) >= 11 is 0. The summed E-state index contributed by atoms with van der Waals surface area (Å²) < 4.78 is 10.7. The van der Waals surface area contributed by atoms with Crippen molar-refractivity contribution in [2.45, 2.75) is 39.4 Å². The fourth-order valence-corrected chi connectivity index (χ4v) is 0.957. The Bertz CT molecular complexity index is 120. The van der Waals surface area contributed by atoms with E-state index in [-0.39, 0.29) is 6.29 Å². The van der Waals surface area contributed by atoms with Gasteiger partial charge in [-0.3, -0.25) is 0 Å². The maximum atomic E-state index is 5.34. The van der Waals surface area contributed by atoms with Gasteiger partial charge in [0.05, 0.1) is 0 Å². The average Bonchev–Trinajstić information content (AvgIpc) is 2.06. The molecule has 0 fully saturated rings. The van der Waals surface area contributed by atoms with E-state index in [1.54, 1.807) is 0 Å². The second-order valence-electron chi connectivity index (χ2n) is 2.44. The molecule has 0 aromatic rings. The lowest BCUT2D eigenvalue weighted by atomic mass is 10.2. The van der Waals surface area contributed by atoms with E-state index in [0.717, 1.165) is 19.3 Å². The van der Waals surface area contributed by atoms with Crippen LogP contribution in [0, 0.1) is 12.3 Å². The smallest absolute Gasteiger partial charge is 0.157 e. The molecule has 0 N–H and O–H groups in total. The molecule has 0 spiro atoms. The van der Waals surface area contributed by atoms with Gasteiger partial charge in [0.1, 0.15) is 0 Å². The molecule has 0 saturated heterocycles. The molecule has 0 aromatic heterocycles. The fourth-order valence-electron chi connectivity index (χ4n) is 0.957. The van der Waals surface area contributed by atoms with Crippen LogP contribution in [0.4, 0.5) is 0 Å². The van der Waals surface area contributed by atoms with Crippen molar-refractivity contribution in [2.75, 3.05) is 13.2 Å². The van der Waals surface area contributed by atoms with Crippen LogP contribution < -0.4 is 0 Å².